The van der Waals surface area contributed by atoms with E-state index in [1.165, 1.54) is 9.47 Å². The molecule has 8 nitrogen and oxygen atoms in total. The van der Waals surface area contributed by atoms with E-state index in [0.717, 1.165) is 16.4 Å². The third-order valence-corrected chi connectivity index (χ3v) is 6.88. The Labute approximate surface area is 170 Å². The first kappa shape index (κ1) is 20.2. The second kappa shape index (κ2) is 7.65. The van der Waals surface area contributed by atoms with Crippen molar-refractivity contribution in [2.75, 3.05) is 26.2 Å². The van der Waals surface area contributed by atoms with Gasteiger partial charge in [0.05, 0.1) is 10.4 Å². The number of oxazole rings is 1. The zero-order valence-corrected chi connectivity index (χ0v) is 16.4. The van der Waals surface area contributed by atoms with Crippen LogP contribution in [0.5, 0.6) is 0 Å². The molecule has 0 aliphatic carbocycles. The Morgan fingerprint density at radius 3 is 2.40 bits per heavy atom. The first-order chi connectivity index (χ1) is 14.3. The monoisotopic (exact) mass is 437 g/mol. The average Bonchev–Trinajstić information content (AvgIpc) is 3.05. The van der Waals surface area contributed by atoms with E-state index in [1.54, 1.807) is 24.3 Å². The van der Waals surface area contributed by atoms with Crippen LogP contribution in [-0.2, 0) is 21.4 Å². The third-order valence-electron chi connectivity index (χ3n) is 4.99. The number of nitrogens with zero attached hydrogens (tertiary/aromatic N) is 3. The molecular weight excluding hydrogens is 420 g/mol. The molecule has 2 heterocycles. The van der Waals surface area contributed by atoms with Crippen molar-refractivity contribution in [1.29, 1.82) is 0 Å². The summed E-state index contributed by atoms with van der Waals surface area (Å²) in [5, 5.41) is 0. The lowest BCUT2D eigenvalue weighted by Crippen LogP contribution is -2.51. The summed E-state index contributed by atoms with van der Waals surface area (Å²) in [5.41, 5.74) is 0.869. The topological polar surface area (TPSA) is 92.8 Å². The van der Waals surface area contributed by atoms with Crippen molar-refractivity contribution in [3.05, 3.63) is 64.6 Å². The zero-order valence-electron chi connectivity index (χ0n) is 15.6. The maximum atomic E-state index is 13.4. The molecule has 0 saturated carbocycles. The van der Waals surface area contributed by atoms with Crippen molar-refractivity contribution in [3.63, 3.8) is 0 Å². The van der Waals surface area contributed by atoms with Crippen LogP contribution in [0.15, 0.2) is 56.6 Å². The van der Waals surface area contributed by atoms with Crippen molar-refractivity contribution < 1.29 is 26.4 Å². The molecule has 2 aromatic carbocycles. The first-order valence-electron chi connectivity index (χ1n) is 9.09. The molecule has 0 N–H and O–H groups in total. The van der Waals surface area contributed by atoms with Gasteiger partial charge in [-0.25, -0.2) is 22.0 Å². The summed E-state index contributed by atoms with van der Waals surface area (Å²) < 4.78 is 59.3. The minimum Gasteiger partial charge on any atom is -0.408 e. The van der Waals surface area contributed by atoms with Crippen LogP contribution in [0, 0.1) is 11.6 Å². The predicted molar refractivity (Wildman–Crippen MR) is 102 cm³/mol. The van der Waals surface area contributed by atoms with Crippen LogP contribution in [0.3, 0.4) is 0 Å². The van der Waals surface area contributed by atoms with E-state index in [4.69, 9.17) is 4.42 Å². The Bertz CT molecular complexity index is 1280. The number of aromatic nitrogens is 1. The molecule has 30 heavy (non-hydrogen) atoms. The van der Waals surface area contributed by atoms with Crippen molar-refractivity contribution in [2.45, 2.75) is 11.4 Å². The van der Waals surface area contributed by atoms with Crippen LogP contribution in [0.2, 0.25) is 0 Å². The summed E-state index contributed by atoms with van der Waals surface area (Å²) in [7, 11) is -4.02. The number of carbonyl (C=O) groups is 1. The molecule has 1 aliphatic rings. The van der Waals surface area contributed by atoms with Gasteiger partial charge in [0.2, 0.25) is 15.9 Å². The lowest BCUT2D eigenvalue weighted by Gasteiger charge is -2.34. The molecule has 0 radical (unpaired) electrons. The summed E-state index contributed by atoms with van der Waals surface area (Å²) in [5.74, 6) is -3.38. The fourth-order valence-corrected chi connectivity index (χ4v) is 4.80. The predicted octanol–water partition coefficient (Wildman–Crippen LogP) is 1.41. The van der Waals surface area contributed by atoms with Crippen molar-refractivity contribution >= 4 is 27.0 Å². The second-order valence-corrected chi connectivity index (χ2v) is 8.72. The fourth-order valence-electron chi connectivity index (χ4n) is 3.36. The summed E-state index contributed by atoms with van der Waals surface area (Å²) >= 11 is 0. The quantitative estimate of drug-likeness (QED) is 0.615. The fraction of sp³-hybridized carbons (Fsp3) is 0.263. The number of halogens is 2. The van der Waals surface area contributed by atoms with E-state index >= 15 is 0 Å². The Hall–Kier alpha value is -3.05. The van der Waals surface area contributed by atoms with Crippen molar-refractivity contribution in [1.82, 2.24) is 13.8 Å². The number of hydrogen-bond acceptors (Lipinski definition) is 5. The van der Waals surface area contributed by atoms with Gasteiger partial charge < -0.3 is 9.32 Å². The third kappa shape index (κ3) is 3.61. The van der Waals surface area contributed by atoms with Crippen molar-refractivity contribution in [2.24, 2.45) is 0 Å². The molecule has 0 atom stereocenters. The SMILES string of the molecule is O=C(Cn1c(=O)oc2ccccc21)N1CCN(S(=O)(=O)c2ccc(F)c(F)c2)CC1. The lowest BCUT2D eigenvalue weighted by molar-refractivity contribution is -0.133. The van der Waals surface area contributed by atoms with Gasteiger partial charge in [-0.1, -0.05) is 12.1 Å². The number of piperazine rings is 1. The molecule has 0 unspecified atom stereocenters. The maximum Gasteiger partial charge on any atom is 0.420 e. The summed E-state index contributed by atoms with van der Waals surface area (Å²) in [6.07, 6.45) is 0. The van der Waals surface area contributed by atoms with Crippen LogP contribution in [0.25, 0.3) is 11.1 Å². The molecule has 11 heteroatoms. The van der Waals surface area contributed by atoms with Crippen molar-refractivity contribution in [3.8, 4) is 0 Å². The normalized spacial score (nSPS) is 15.6. The molecule has 1 aromatic heterocycles. The number of para-hydroxylation sites is 2. The van der Waals surface area contributed by atoms with Gasteiger partial charge in [0.1, 0.15) is 6.54 Å². The van der Waals surface area contributed by atoms with Gasteiger partial charge in [0.15, 0.2) is 17.2 Å². The molecule has 1 amide bonds. The number of amides is 1. The standard InChI is InChI=1S/C19H17F2N3O5S/c20-14-6-5-13(11-15(14)21)30(27,28)23-9-7-22(8-10-23)18(25)12-24-16-3-1-2-4-17(16)29-19(24)26/h1-6,11H,7-10,12H2. The highest BCUT2D eigenvalue weighted by atomic mass is 32.2. The van der Waals surface area contributed by atoms with Gasteiger partial charge in [0.25, 0.3) is 0 Å². The van der Waals surface area contributed by atoms with Crippen LogP contribution >= 0.6 is 0 Å². The number of sulfonamides is 1. The highest BCUT2D eigenvalue weighted by molar-refractivity contribution is 7.89. The van der Waals surface area contributed by atoms with E-state index in [-0.39, 0.29) is 43.5 Å². The minimum absolute atomic E-state index is 0.00585. The van der Waals surface area contributed by atoms with Gasteiger partial charge in [-0.2, -0.15) is 4.31 Å². The van der Waals surface area contributed by atoms with E-state index < -0.39 is 27.4 Å². The molecular formula is C19H17F2N3O5S. The molecule has 4 rings (SSSR count). The number of benzene rings is 2. The Morgan fingerprint density at radius 1 is 1.00 bits per heavy atom. The number of hydrogen-bond donors (Lipinski definition) is 0. The number of fused-ring (bicyclic) bond motifs is 1. The van der Waals surface area contributed by atoms with E-state index in [1.807, 2.05) is 0 Å². The van der Waals surface area contributed by atoms with Gasteiger partial charge in [-0.3, -0.25) is 9.36 Å². The average molecular weight is 437 g/mol. The molecule has 1 aliphatic heterocycles. The van der Waals surface area contributed by atoms with E-state index in [9.17, 15) is 26.8 Å². The van der Waals surface area contributed by atoms with Gasteiger partial charge in [-0.05, 0) is 30.3 Å². The van der Waals surface area contributed by atoms with E-state index in [0.29, 0.717) is 17.2 Å². The highest BCUT2D eigenvalue weighted by Gasteiger charge is 2.31. The number of rotatable bonds is 4. The number of carbonyl (C=O) groups excluding carboxylic acids is 1. The minimum atomic E-state index is -4.02. The van der Waals surface area contributed by atoms with Crippen LogP contribution in [-0.4, -0.2) is 54.3 Å². The van der Waals surface area contributed by atoms with Crippen LogP contribution < -0.4 is 5.76 Å². The molecule has 1 saturated heterocycles. The second-order valence-electron chi connectivity index (χ2n) is 6.78. The zero-order chi connectivity index (χ0) is 21.5. The molecule has 0 spiro atoms. The van der Waals surface area contributed by atoms with Gasteiger partial charge >= 0.3 is 5.76 Å². The Morgan fingerprint density at radius 2 is 1.70 bits per heavy atom. The first-order valence-corrected chi connectivity index (χ1v) is 10.5. The summed E-state index contributed by atoms with van der Waals surface area (Å²) in [4.78, 5) is 25.8. The van der Waals surface area contributed by atoms with Gasteiger partial charge in [0, 0.05) is 26.2 Å². The molecule has 3 aromatic rings. The molecule has 158 valence electrons. The molecule has 1 fully saturated rings. The maximum absolute atomic E-state index is 13.4. The summed E-state index contributed by atoms with van der Waals surface area (Å²) in [6, 6.07) is 9.12. The van der Waals surface area contributed by atoms with E-state index in [2.05, 4.69) is 0 Å². The highest BCUT2D eigenvalue weighted by Crippen LogP contribution is 2.20. The van der Waals surface area contributed by atoms with Crippen LogP contribution in [0.1, 0.15) is 0 Å². The largest absolute Gasteiger partial charge is 0.420 e. The van der Waals surface area contributed by atoms with Crippen LogP contribution in [0.4, 0.5) is 8.78 Å². The smallest absolute Gasteiger partial charge is 0.408 e. The Kier molecular flexibility index (Phi) is 5.16. The van der Waals surface area contributed by atoms with Gasteiger partial charge in [-0.15, -0.1) is 0 Å². The molecule has 0 bridgehead atoms. The Balaban J connectivity index is 1.45. The lowest BCUT2D eigenvalue weighted by atomic mass is 10.3. The summed E-state index contributed by atoms with van der Waals surface area (Å²) in [6.45, 7) is -0.0352.